The molecule has 0 radical (unpaired) electrons. The van der Waals surface area contributed by atoms with Crippen LogP contribution in [0.4, 0.5) is 5.69 Å². The van der Waals surface area contributed by atoms with Gasteiger partial charge in [0.05, 0.1) is 18.2 Å². The molecule has 0 saturated carbocycles. The van der Waals surface area contributed by atoms with Crippen molar-refractivity contribution in [3.05, 3.63) is 70.3 Å². The third kappa shape index (κ3) is 4.02. The standard InChI is InChI=1S/C26H30N2O4/c1-27(2)21-12-10-18(11-13-21)23-22(25(30)26(31)28(23)14-15-32-3)24(29)20-9-8-17-6-4-5-7-19(17)16-20/h8-13,16,23,29H,4-7,14-15H2,1-3H3/b24-22-. The first kappa shape index (κ1) is 22.1. The lowest BCUT2D eigenvalue weighted by molar-refractivity contribution is -0.140. The van der Waals surface area contributed by atoms with E-state index in [1.165, 1.54) is 22.4 Å². The molecule has 1 heterocycles. The Balaban J connectivity index is 1.81. The van der Waals surface area contributed by atoms with Crippen LogP contribution in [0.1, 0.15) is 41.1 Å². The van der Waals surface area contributed by atoms with Crippen molar-refractivity contribution in [2.24, 2.45) is 0 Å². The van der Waals surface area contributed by atoms with E-state index < -0.39 is 17.7 Å². The summed E-state index contributed by atoms with van der Waals surface area (Å²) in [6, 6.07) is 12.9. The van der Waals surface area contributed by atoms with Gasteiger partial charge in [-0.15, -0.1) is 0 Å². The molecule has 1 fully saturated rings. The van der Waals surface area contributed by atoms with Crippen LogP contribution in [0.3, 0.4) is 0 Å². The van der Waals surface area contributed by atoms with Crippen molar-refractivity contribution in [2.45, 2.75) is 31.7 Å². The first-order valence-electron chi connectivity index (χ1n) is 11.1. The van der Waals surface area contributed by atoms with Gasteiger partial charge in [-0.1, -0.05) is 24.3 Å². The van der Waals surface area contributed by atoms with Gasteiger partial charge in [-0.2, -0.15) is 0 Å². The molecule has 0 aromatic heterocycles. The number of ketones is 1. The summed E-state index contributed by atoms with van der Waals surface area (Å²) in [5, 5.41) is 11.3. The second-order valence-corrected chi connectivity index (χ2v) is 8.66. The van der Waals surface area contributed by atoms with Crippen molar-refractivity contribution in [3.63, 3.8) is 0 Å². The number of likely N-dealkylation sites (tertiary alicyclic amines) is 1. The number of aryl methyl sites for hydroxylation is 2. The van der Waals surface area contributed by atoms with Crippen molar-refractivity contribution in [2.75, 3.05) is 39.3 Å². The molecule has 1 aliphatic heterocycles. The molecule has 2 aromatic rings. The molecule has 1 atom stereocenters. The maximum absolute atomic E-state index is 13.1. The lowest BCUT2D eigenvalue weighted by atomic mass is 9.88. The Morgan fingerprint density at radius 2 is 1.75 bits per heavy atom. The topological polar surface area (TPSA) is 70.1 Å². The van der Waals surface area contributed by atoms with E-state index in [1.807, 2.05) is 61.5 Å². The summed E-state index contributed by atoms with van der Waals surface area (Å²) in [6.45, 7) is 0.570. The summed E-state index contributed by atoms with van der Waals surface area (Å²) in [6.07, 6.45) is 4.30. The van der Waals surface area contributed by atoms with Crippen LogP contribution in [0.15, 0.2) is 48.0 Å². The normalized spacial score (nSPS) is 19.8. The number of benzene rings is 2. The molecule has 1 unspecified atom stereocenters. The number of rotatable bonds is 6. The summed E-state index contributed by atoms with van der Waals surface area (Å²) in [7, 11) is 5.47. The zero-order valence-corrected chi connectivity index (χ0v) is 18.9. The highest BCUT2D eigenvalue weighted by atomic mass is 16.5. The van der Waals surface area contributed by atoms with Crippen LogP contribution in [0, 0.1) is 0 Å². The fraction of sp³-hybridized carbons (Fsp3) is 0.385. The second-order valence-electron chi connectivity index (χ2n) is 8.66. The molecular formula is C26H30N2O4. The molecule has 1 amide bonds. The SMILES string of the molecule is COCCN1C(=O)C(=O)/C(=C(\O)c2ccc3c(c2)CCCC3)C1c1ccc(N(C)C)cc1. The van der Waals surface area contributed by atoms with E-state index in [9.17, 15) is 14.7 Å². The number of methoxy groups -OCH3 is 1. The minimum atomic E-state index is -0.655. The average molecular weight is 435 g/mol. The third-order valence-corrected chi connectivity index (χ3v) is 6.42. The zero-order chi connectivity index (χ0) is 22.8. The van der Waals surface area contributed by atoms with Gasteiger partial charge < -0.3 is 19.6 Å². The summed E-state index contributed by atoms with van der Waals surface area (Å²) in [5.41, 5.74) is 5.03. The highest BCUT2D eigenvalue weighted by Gasteiger charge is 2.45. The highest BCUT2D eigenvalue weighted by molar-refractivity contribution is 6.46. The smallest absolute Gasteiger partial charge is 0.295 e. The molecule has 32 heavy (non-hydrogen) atoms. The van der Waals surface area contributed by atoms with Crippen LogP contribution in [0.2, 0.25) is 0 Å². The molecule has 0 spiro atoms. The lowest BCUT2D eigenvalue weighted by Gasteiger charge is -2.25. The molecule has 2 aromatic carbocycles. The van der Waals surface area contributed by atoms with Gasteiger partial charge in [0, 0.05) is 39.0 Å². The van der Waals surface area contributed by atoms with Crippen molar-refractivity contribution in [1.82, 2.24) is 4.90 Å². The molecule has 1 N–H and O–H groups in total. The van der Waals surface area contributed by atoms with Crippen LogP contribution < -0.4 is 4.90 Å². The summed E-state index contributed by atoms with van der Waals surface area (Å²) >= 11 is 0. The maximum Gasteiger partial charge on any atom is 0.295 e. The molecule has 1 aliphatic carbocycles. The van der Waals surface area contributed by atoms with Crippen LogP contribution in [-0.4, -0.2) is 56.1 Å². The Labute approximate surface area is 189 Å². The van der Waals surface area contributed by atoms with Gasteiger partial charge in [-0.05, 0) is 60.6 Å². The summed E-state index contributed by atoms with van der Waals surface area (Å²) < 4.78 is 5.17. The Bertz CT molecular complexity index is 1060. The predicted octanol–water partition coefficient (Wildman–Crippen LogP) is 3.70. The number of carbonyl (C=O) groups excluding carboxylic acids is 2. The van der Waals surface area contributed by atoms with Crippen molar-refractivity contribution < 1.29 is 19.4 Å². The van der Waals surface area contributed by atoms with Crippen LogP contribution in [-0.2, 0) is 27.2 Å². The Hall–Kier alpha value is -3.12. The Morgan fingerprint density at radius 3 is 2.41 bits per heavy atom. The first-order valence-corrected chi connectivity index (χ1v) is 11.1. The number of fused-ring (bicyclic) bond motifs is 1. The number of anilines is 1. The fourth-order valence-electron chi connectivity index (χ4n) is 4.64. The number of amides is 1. The number of hydrogen-bond donors (Lipinski definition) is 1. The second kappa shape index (κ2) is 9.17. The minimum Gasteiger partial charge on any atom is -0.507 e. The molecule has 2 aliphatic rings. The lowest BCUT2D eigenvalue weighted by Crippen LogP contribution is -2.32. The monoisotopic (exact) mass is 434 g/mol. The predicted molar refractivity (Wildman–Crippen MR) is 125 cm³/mol. The molecule has 1 saturated heterocycles. The van der Waals surface area contributed by atoms with Gasteiger partial charge in [0.1, 0.15) is 5.76 Å². The van der Waals surface area contributed by atoms with E-state index in [0.717, 1.165) is 30.5 Å². The minimum absolute atomic E-state index is 0.113. The highest BCUT2D eigenvalue weighted by Crippen LogP contribution is 2.40. The number of nitrogens with zero attached hydrogens (tertiary/aromatic N) is 2. The van der Waals surface area contributed by atoms with E-state index >= 15 is 0 Å². The van der Waals surface area contributed by atoms with Crippen molar-refractivity contribution in [1.29, 1.82) is 0 Å². The zero-order valence-electron chi connectivity index (χ0n) is 18.9. The molecule has 4 rings (SSSR count). The number of aliphatic hydroxyl groups is 1. The van der Waals surface area contributed by atoms with Gasteiger partial charge in [-0.3, -0.25) is 9.59 Å². The largest absolute Gasteiger partial charge is 0.507 e. The molecule has 0 bridgehead atoms. The van der Waals surface area contributed by atoms with Crippen molar-refractivity contribution >= 4 is 23.1 Å². The van der Waals surface area contributed by atoms with Crippen molar-refractivity contribution in [3.8, 4) is 0 Å². The van der Waals surface area contributed by atoms with Gasteiger partial charge in [0.15, 0.2) is 0 Å². The Kier molecular flexibility index (Phi) is 6.33. The number of carbonyl (C=O) groups is 2. The Morgan fingerprint density at radius 1 is 1.06 bits per heavy atom. The van der Waals surface area contributed by atoms with E-state index in [0.29, 0.717) is 12.2 Å². The van der Waals surface area contributed by atoms with Gasteiger partial charge in [0.25, 0.3) is 11.7 Å². The molecular weight excluding hydrogens is 404 g/mol. The average Bonchev–Trinajstić information content (AvgIpc) is 3.06. The van der Waals surface area contributed by atoms with Crippen LogP contribution in [0.5, 0.6) is 0 Å². The number of hydrogen-bond acceptors (Lipinski definition) is 5. The quantitative estimate of drug-likeness (QED) is 0.427. The fourth-order valence-corrected chi connectivity index (χ4v) is 4.64. The van der Waals surface area contributed by atoms with Gasteiger partial charge in [-0.25, -0.2) is 0 Å². The number of Topliss-reactive ketones (excluding diaryl/α,β-unsaturated/α-hetero) is 1. The maximum atomic E-state index is 13.1. The van der Waals surface area contributed by atoms with Gasteiger partial charge >= 0.3 is 0 Å². The van der Waals surface area contributed by atoms with E-state index in [2.05, 4.69) is 0 Å². The molecule has 6 heteroatoms. The summed E-state index contributed by atoms with van der Waals surface area (Å²) in [4.78, 5) is 29.5. The third-order valence-electron chi connectivity index (χ3n) is 6.42. The van der Waals surface area contributed by atoms with E-state index in [4.69, 9.17) is 4.74 Å². The molecule has 6 nitrogen and oxygen atoms in total. The summed E-state index contributed by atoms with van der Waals surface area (Å²) in [5.74, 6) is -1.38. The first-order chi connectivity index (χ1) is 15.4. The molecule has 168 valence electrons. The number of aliphatic hydroxyl groups excluding tert-OH is 1. The van der Waals surface area contributed by atoms with Crippen LogP contribution in [0.25, 0.3) is 5.76 Å². The number of ether oxygens (including phenoxy) is 1. The van der Waals surface area contributed by atoms with E-state index in [-0.39, 0.29) is 17.9 Å². The van der Waals surface area contributed by atoms with Crippen LogP contribution >= 0.6 is 0 Å². The van der Waals surface area contributed by atoms with Gasteiger partial charge in [0.2, 0.25) is 0 Å². The van der Waals surface area contributed by atoms with E-state index in [1.54, 1.807) is 7.11 Å².